The van der Waals surface area contributed by atoms with Crippen LogP contribution in [0.25, 0.3) is 16.5 Å². The highest BCUT2D eigenvalue weighted by Gasteiger charge is 2.32. The third kappa shape index (κ3) is 3.90. The summed E-state index contributed by atoms with van der Waals surface area (Å²) in [6.07, 6.45) is 0. The largest absolute Gasteiger partial charge is 0.451 e. The van der Waals surface area contributed by atoms with Gasteiger partial charge in [0.25, 0.3) is 23.3 Å². The van der Waals surface area contributed by atoms with Crippen LogP contribution < -0.4 is 10.9 Å². The predicted molar refractivity (Wildman–Crippen MR) is 129 cm³/mol. The van der Waals surface area contributed by atoms with Gasteiger partial charge in [-0.05, 0) is 36.4 Å². The number of amides is 3. The third-order valence-corrected chi connectivity index (χ3v) is 5.71. The van der Waals surface area contributed by atoms with Crippen molar-refractivity contribution in [2.75, 3.05) is 19.0 Å². The Hall–Kier alpha value is -5.12. The number of esters is 1. The number of nitrogens with one attached hydrogen (secondary N) is 1. The molecule has 178 valence electrons. The number of aromatic nitrogens is 2. The molecule has 0 atom stereocenters. The first-order chi connectivity index (χ1) is 17.3. The van der Waals surface area contributed by atoms with E-state index in [1.807, 2.05) is 0 Å². The lowest BCUT2D eigenvalue weighted by molar-refractivity contribution is -0.119. The zero-order chi connectivity index (χ0) is 25.4. The van der Waals surface area contributed by atoms with Gasteiger partial charge in [0.1, 0.15) is 0 Å². The van der Waals surface area contributed by atoms with Crippen molar-refractivity contribution < 1.29 is 23.9 Å². The van der Waals surface area contributed by atoms with Crippen molar-refractivity contribution in [1.82, 2.24) is 14.7 Å². The van der Waals surface area contributed by atoms with Crippen molar-refractivity contribution in [3.63, 3.8) is 0 Å². The maximum atomic E-state index is 13.0. The molecular formula is C26H18N4O6. The first-order valence-electron chi connectivity index (χ1n) is 10.9. The lowest BCUT2D eigenvalue weighted by Crippen LogP contribution is -2.26. The summed E-state index contributed by atoms with van der Waals surface area (Å²) in [5.41, 5.74) is 0.644. The summed E-state index contributed by atoms with van der Waals surface area (Å²) in [4.78, 5) is 63.5. The van der Waals surface area contributed by atoms with Crippen LogP contribution in [-0.4, -0.2) is 52.0 Å². The summed E-state index contributed by atoms with van der Waals surface area (Å²) in [7, 11) is 1.38. The van der Waals surface area contributed by atoms with E-state index < -0.39 is 35.9 Å². The van der Waals surface area contributed by atoms with Crippen LogP contribution in [-0.2, 0) is 9.53 Å². The Balaban J connectivity index is 1.36. The van der Waals surface area contributed by atoms with Gasteiger partial charge in [0.05, 0.1) is 22.2 Å². The van der Waals surface area contributed by atoms with Gasteiger partial charge < -0.3 is 10.1 Å². The highest BCUT2D eigenvalue weighted by molar-refractivity contribution is 6.21. The number of carbonyl (C=O) groups excluding carboxylic acids is 4. The predicted octanol–water partition coefficient (Wildman–Crippen LogP) is 2.41. The van der Waals surface area contributed by atoms with Crippen LogP contribution >= 0.6 is 0 Å². The molecule has 5 rings (SSSR count). The number of para-hydroxylation sites is 1. The normalized spacial score (nSPS) is 12.5. The molecule has 0 spiro atoms. The molecule has 3 amide bonds. The van der Waals surface area contributed by atoms with E-state index in [4.69, 9.17) is 4.74 Å². The van der Waals surface area contributed by atoms with Gasteiger partial charge in [0.2, 0.25) is 0 Å². The number of nitrogens with zero attached hydrogens (tertiary/aromatic N) is 3. The van der Waals surface area contributed by atoms with E-state index in [1.54, 1.807) is 54.6 Å². The monoisotopic (exact) mass is 482 g/mol. The molecule has 1 aliphatic heterocycles. The Morgan fingerprint density at radius 3 is 2.28 bits per heavy atom. The molecule has 0 aliphatic carbocycles. The SMILES string of the molecule is CN1C(=O)c2ccc(NC(=O)COC(=O)c3nn(-c4ccccc4)c(=O)c4ccccc34)cc2C1=O. The van der Waals surface area contributed by atoms with Crippen LogP contribution in [0.2, 0.25) is 0 Å². The zero-order valence-electron chi connectivity index (χ0n) is 18.9. The van der Waals surface area contributed by atoms with Crippen molar-refractivity contribution in [3.05, 3.63) is 100.0 Å². The minimum absolute atomic E-state index is 0.119. The van der Waals surface area contributed by atoms with Gasteiger partial charge in [0, 0.05) is 18.1 Å². The number of rotatable bonds is 5. The molecule has 0 fully saturated rings. The average molecular weight is 482 g/mol. The van der Waals surface area contributed by atoms with Gasteiger partial charge in [-0.25, -0.2) is 4.79 Å². The van der Waals surface area contributed by atoms with Gasteiger partial charge in [-0.1, -0.05) is 36.4 Å². The molecule has 0 unspecified atom stereocenters. The fraction of sp³-hybridized carbons (Fsp3) is 0.0769. The van der Waals surface area contributed by atoms with Crippen molar-refractivity contribution in [2.45, 2.75) is 0 Å². The minimum Gasteiger partial charge on any atom is -0.451 e. The molecule has 10 heteroatoms. The van der Waals surface area contributed by atoms with Gasteiger partial charge in [-0.15, -0.1) is 0 Å². The second-order valence-corrected chi connectivity index (χ2v) is 8.00. The van der Waals surface area contributed by atoms with E-state index in [-0.39, 0.29) is 27.9 Å². The summed E-state index contributed by atoms with van der Waals surface area (Å²) < 4.78 is 6.30. The lowest BCUT2D eigenvalue weighted by atomic mass is 10.1. The summed E-state index contributed by atoms with van der Waals surface area (Å²) >= 11 is 0. The number of imide groups is 1. The molecule has 0 saturated carbocycles. The number of fused-ring (bicyclic) bond motifs is 2. The van der Waals surface area contributed by atoms with Crippen LogP contribution in [0.15, 0.2) is 77.6 Å². The number of hydrogen-bond donors (Lipinski definition) is 1. The molecule has 1 aromatic heterocycles. The van der Waals surface area contributed by atoms with Crippen molar-refractivity contribution in [2.24, 2.45) is 0 Å². The molecule has 3 aromatic carbocycles. The van der Waals surface area contributed by atoms with Crippen molar-refractivity contribution >= 4 is 40.2 Å². The smallest absolute Gasteiger partial charge is 0.359 e. The summed E-state index contributed by atoms with van der Waals surface area (Å²) in [5.74, 6) is -2.43. The highest BCUT2D eigenvalue weighted by atomic mass is 16.5. The maximum absolute atomic E-state index is 13.0. The van der Waals surface area contributed by atoms with Crippen LogP contribution in [0.5, 0.6) is 0 Å². The quantitative estimate of drug-likeness (QED) is 0.342. The molecule has 10 nitrogen and oxygen atoms in total. The Labute approximate surface area is 203 Å². The van der Waals surface area contributed by atoms with E-state index in [1.165, 1.54) is 25.2 Å². The van der Waals surface area contributed by atoms with Crippen LogP contribution in [0.1, 0.15) is 31.2 Å². The molecule has 36 heavy (non-hydrogen) atoms. The Kier molecular flexibility index (Phi) is 5.61. The lowest BCUT2D eigenvalue weighted by Gasteiger charge is -2.11. The summed E-state index contributed by atoms with van der Waals surface area (Å²) in [6, 6.07) is 19.4. The average Bonchev–Trinajstić information content (AvgIpc) is 3.11. The fourth-order valence-electron chi connectivity index (χ4n) is 3.92. The van der Waals surface area contributed by atoms with E-state index in [0.717, 1.165) is 9.58 Å². The zero-order valence-corrected chi connectivity index (χ0v) is 18.9. The number of ether oxygens (including phenoxy) is 1. The second kappa shape index (κ2) is 8.91. The second-order valence-electron chi connectivity index (χ2n) is 8.00. The van der Waals surface area contributed by atoms with E-state index in [0.29, 0.717) is 11.1 Å². The number of hydrogen-bond acceptors (Lipinski definition) is 7. The molecule has 1 aliphatic rings. The van der Waals surface area contributed by atoms with Gasteiger partial charge in [0.15, 0.2) is 12.3 Å². The van der Waals surface area contributed by atoms with Crippen molar-refractivity contribution in [3.8, 4) is 5.69 Å². The van der Waals surface area contributed by atoms with E-state index in [2.05, 4.69) is 10.4 Å². The molecule has 4 aromatic rings. The Bertz CT molecular complexity index is 1630. The molecule has 0 radical (unpaired) electrons. The van der Waals surface area contributed by atoms with Gasteiger partial charge in [-0.3, -0.25) is 24.1 Å². The number of benzene rings is 3. The summed E-state index contributed by atoms with van der Waals surface area (Å²) in [6.45, 7) is -0.636. The van der Waals surface area contributed by atoms with Crippen molar-refractivity contribution in [1.29, 1.82) is 0 Å². The number of carbonyl (C=O) groups is 4. The third-order valence-electron chi connectivity index (χ3n) is 5.71. The summed E-state index contributed by atoms with van der Waals surface area (Å²) in [5, 5.41) is 7.33. The van der Waals surface area contributed by atoms with Gasteiger partial charge in [-0.2, -0.15) is 9.78 Å². The number of anilines is 1. The van der Waals surface area contributed by atoms with Crippen LogP contribution in [0.4, 0.5) is 5.69 Å². The standard InChI is InChI=1S/C26H18N4O6/c1-29-23(32)19-12-11-15(13-20(19)24(29)33)27-21(31)14-36-26(35)22-17-9-5-6-10-18(17)25(34)30(28-22)16-7-3-2-4-8-16/h2-13H,14H2,1H3,(H,27,31). The molecular weight excluding hydrogens is 464 g/mol. The highest BCUT2D eigenvalue weighted by Crippen LogP contribution is 2.24. The van der Waals surface area contributed by atoms with E-state index >= 15 is 0 Å². The Morgan fingerprint density at radius 1 is 0.861 bits per heavy atom. The van der Waals surface area contributed by atoms with Gasteiger partial charge >= 0.3 is 5.97 Å². The fourth-order valence-corrected chi connectivity index (χ4v) is 3.92. The first kappa shape index (κ1) is 22.7. The molecule has 1 N–H and O–H groups in total. The maximum Gasteiger partial charge on any atom is 0.359 e. The Morgan fingerprint density at radius 2 is 1.53 bits per heavy atom. The van der Waals surface area contributed by atoms with E-state index in [9.17, 15) is 24.0 Å². The molecule has 0 saturated heterocycles. The van der Waals surface area contributed by atoms with Crippen LogP contribution in [0, 0.1) is 0 Å². The van der Waals surface area contributed by atoms with Crippen LogP contribution in [0.3, 0.4) is 0 Å². The minimum atomic E-state index is -0.887. The molecule has 0 bridgehead atoms. The topological polar surface area (TPSA) is 128 Å². The first-order valence-corrected chi connectivity index (χ1v) is 10.9. The molecule has 2 heterocycles.